The van der Waals surface area contributed by atoms with E-state index in [1.165, 1.54) is 6.07 Å². The standard InChI is InChI=1S/C11H15N5O2S/c1-16-7-6-13-11(16)8-14-19(17,18)10-5-3-2-4-9(10)15-12/h2-7,14-15H,8,12H2,1H3. The smallest absolute Gasteiger partial charge is 0.243 e. The van der Waals surface area contributed by atoms with E-state index in [0.717, 1.165) is 0 Å². The largest absolute Gasteiger partial charge is 0.337 e. The molecule has 0 bridgehead atoms. The maximum atomic E-state index is 12.2. The Morgan fingerprint density at radius 1 is 1.37 bits per heavy atom. The zero-order valence-electron chi connectivity index (χ0n) is 10.4. The van der Waals surface area contributed by atoms with Crippen LogP contribution in [0.3, 0.4) is 0 Å². The highest BCUT2D eigenvalue weighted by molar-refractivity contribution is 7.89. The minimum absolute atomic E-state index is 0.103. The minimum Gasteiger partial charge on any atom is -0.337 e. The molecule has 8 heteroatoms. The summed E-state index contributed by atoms with van der Waals surface area (Å²) in [5.74, 6) is 5.93. The molecule has 7 nitrogen and oxygen atoms in total. The zero-order valence-corrected chi connectivity index (χ0v) is 11.2. The number of sulfonamides is 1. The van der Waals surface area contributed by atoms with E-state index < -0.39 is 10.0 Å². The molecule has 0 fully saturated rings. The molecular formula is C11H15N5O2S. The average Bonchev–Trinajstić information content (AvgIpc) is 2.82. The van der Waals surface area contributed by atoms with Crippen molar-refractivity contribution in [3.05, 3.63) is 42.5 Å². The Morgan fingerprint density at radius 2 is 2.11 bits per heavy atom. The molecule has 0 aliphatic rings. The molecule has 19 heavy (non-hydrogen) atoms. The van der Waals surface area contributed by atoms with Crippen LogP contribution in [-0.2, 0) is 23.6 Å². The number of para-hydroxylation sites is 1. The van der Waals surface area contributed by atoms with Crippen LogP contribution in [0.2, 0.25) is 0 Å². The molecule has 2 rings (SSSR count). The Morgan fingerprint density at radius 3 is 2.74 bits per heavy atom. The Labute approximate surface area is 111 Å². The summed E-state index contributed by atoms with van der Waals surface area (Å²) in [6.45, 7) is 0.116. The van der Waals surface area contributed by atoms with Gasteiger partial charge in [-0.1, -0.05) is 12.1 Å². The van der Waals surface area contributed by atoms with Crippen molar-refractivity contribution in [3.8, 4) is 0 Å². The van der Waals surface area contributed by atoms with Crippen molar-refractivity contribution in [1.82, 2.24) is 14.3 Å². The molecule has 2 aromatic rings. The van der Waals surface area contributed by atoms with Gasteiger partial charge in [-0.15, -0.1) is 0 Å². The SMILES string of the molecule is Cn1ccnc1CNS(=O)(=O)c1ccccc1NN. The van der Waals surface area contributed by atoms with Gasteiger partial charge in [0, 0.05) is 19.4 Å². The van der Waals surface area contributed by atoms with E-state index in [1.54, 1.807) is 42.2 Å². The van der Waals surface area contributed by atoms with E-state index in [1.807, 2.05) is 0 Å². The summed E-state index contributed by atoms with van der Waals surface area (Å²) >= 11 is 0. The number of nitrogens with one attached hydrogen (secondary N) is 2. The van der Waals surface area contributed by atoms with Crippen LogP contribution in [0.4, 0.5) is 5.69 Å². The number of nitrogen functional groups attached to an aromatic ring is 1. The summed E-state index contributed by atoms with van der Waals surface area (Å²) in [7, 11) is -1.84. The second kappa shape index (κ2) is 5.39. The van der Waals surface area contributed by atoms with Crippen molar-refractivity contribution in [3.63, 3.8) is 0 Å². The molecule has 1 aromatic heterocycles. The Kier molecular flexibility index (Phi) is 3.84. The van der Waals surface area contributed by atoms with Gasteiger partial charge in [-0.2, -0.15) is 0 Å². The highest BCUT2D eigenvalue weighted by Crippen LogP contribution is 2.19. The Bertz CT molecular complexity index is 665. The fourth-order valence-electron chi connectivity index (χ4n) is 1.62. The lowest BCUT2D eigenvalue weighted by atomic mass is 10.3. The molecular weight excluding hydrogens is 266 g/mol. The highest BCUT2D eigenvalue weighted by Gasteiger charge is 2.18. The van der Waals surface area contributed by atoms with Crippen LogP contribution < -0.4 is 16.0 Å². The topological polar surface area (TPSA) is 102 Å². The van der Waals surface area contributed by atoms with Crippen molar-refractivity contribution >= 4 is 15.7 Å². The monoisotopic (exact) mass is 281 g/mol. The summed E-state index contributed by atoms with van der Waals surface area (Å²) in [6.07, 6.45) is 3.36. The summed E-state index contributed by atoms with van der Waals surface area (Å²) in [4.78, 5) is 4.15. The summed E-state index contributed by atoms with van der Waals surface area (Å²) in [5, 5.41) is 0. The third-order valence-electron chi connectivity index (χ3n) is 2.67. The summed E-state index contributed by atoms with van der Waals surface area (Å²) in [5.41, 5.74) is 2.71. The van der Waals surface area contributed by atoms with Crippen LogP contribution in [0.25, 0.3) is 0 Å². The molecule has 4 N–H and O–H groups in total. The first-order valence-electron chi connectivity index (χ1n) is 5.56. The highest BCUT2D eigenvalue weighted by atomic mass is 32.2. The Hall–Kier alpha value is -1.90. The summed E-state index contributed by atoms with van der Waals surface area (Å²) < 4.78 is 28.6. The van der Waals surface area contributed by atoms with Crippen LogP contribution in [0, 0.1) is 0 Å². The van der Waals surface area contributed by atoms with Gasteiger partial charge in [0.05, 0.1) is 12.2 Å². The number of hydrazine groups is 1. The second-order valence-corrected chi connectivity index (χ2v) is 5.65. The fraction of sp³-hybridized carbons (Fsp3) is 0.182. The quantitative estimate of drug-likeness (QED) is 0.536. The lowest BCUT2D eigenvalue weighted by Crippen LogP contribution is -2.26. The first kappa shape index (κ1) is 13.5. The van der Waals surface area contributed by atoms with E-state index in [4.69, 9.17) is 5.84 Å². The van der Waals surface area contributed by atoms with Gasteiger partial charge in [0.25, 0.3) is 0 Å². The van der Waals surface area contributed by atoms with Gasteiger partial charge in [-0.3, -0.25) is 5.84 Å². The number of benzene rings is 1. The molecule has 1 aromatic carbocycles. The number of anilines is 1. The van der Waals surface area contributed by atoms with Crippen molar-refractivity contribution in [1.29, 1.82) is 0 Å². The number of hydrogen-bond donors (Lipinski definition) is 3. The maximum absolute atomic E-state index is 12.2. The molecule has 0 aliphatic heterocycles. The number of nitrogens with zero attached hydrogens (tertiary/aromatic N) is 2. The van der Waals surface area contributed by atoms with Gasteiger partial charge < -0.3 is 9.99 Å². The number of hydrogen-bond acceptors (Lipinski definition) is 5. The lowest BCUT2D eigenvalue weighted by molar-refractivity contribution is 0.578. The first-order valence-corrected chi connectivity index (χ1v) is 7.04. The van der Waals surface area contributed by atoms with Crippen LogP contribution in [0.1, 0.15) is 5.82 Å². The van der Waals surface area contributed by atoms with Gasteiger partial charge in [0.15, 0.2) is 0 Å². The fourth-order valence-corrected chi connectivity index (χ4v) is 2.77. The number of aryl methyl sites for hydroxylation is 1. The first-order chi connectivity index (χ1) is 9.04. The number of aromatic nitrogens is 2. The van der Waals surface area contributed by atoms with Crippen LogP contribution in [0.15, 0.2) is 41.6 Å². The maximum Gasteiger partial charge on any atom is 0.243 e. The van der Waals surface area contributed by atoms with Crippen molar-refractivity contribution in [2.24, 2.45) is 12.9 Å². The van der Waals surface area contributed by atoms with Crippen molar-refractivity contribution in [2.45, 2.75) is 11.4 Å². The molecule has 0 saturated heterocycles. The van der Waals surface area contributed by atoms with Gasteiger partial charge in [-0.05, 0) is 12.1 Å². The molecule has 0 radical (unpaired) electrons. The molecule has 102 valence electrons. The van der Waals surface area contributed by atoms with Crippen LogP contribution >= 0.6 is 0 Å². The predicted octanol–water partition coefficient (Wildman–Crippen LogP) is 0.184. The number of imidazole rings is 1. The second-order valence-electron chi connectivity index (χ2n) is 3.92. The zero-order chi connectivity index (χ0) is 13.9. The third-order valence-corrected chi connectivity index (χ3v) is 4.13. The van der Waals surface area contributed by atoms with Gasteiger partial charge >= 0.3 is 0 Å². The van der Waals surface area contributed by atoms with Crippen molar-refractivity contribution in [2.75, 3.05) is 5.43 Å². The molecule has 0 aliphatic carbocycles. The normalized spacial score (nSPS) is 11.5. The molecule has 0 saturated carbocycles. The average molecular weight is 281 g/mol. The predicted molar refractivity (Wildman–Crippen MR) is 71.5 cm³/mol. The van der Waals surface area contributed by atoms with E-state index in [9.17, 15) is 8.42 Å². The van der Waals surface area contributed by atoms with E-state index in [-0.39, 0.29) is 11.4 Å². The lowest BCUT2D eigenvalue weighted by Gasteiger charge is -2.10. The van der Waals surface area contributed by atoms with E-state index >= 15 is 0 Å². The van der Waals surface area contributed by atoms with Gasteiger partial charge in [0.2, 0.25) is 10.0 Å². The molecule has 1 heterocycles. The van der Waals surface area contributed by atoms with E-state index in [2.05, 4.69) is 15.1 Å². The minimum atomic E-state index is -3.64. The van der Waals surface area contributed by atoms with Crippen molar-refractivity contribution < 1.29 is 8.42 Å². The summed E-state index contributed by atoms with van der Waals surface area (Å²) in [6, 6.07) is 6.41. The van der Waals surface area contributed by atoms with Crippen LogP contribution in [-0.4, -0.2) is 18.0 Å². The number of rotatable bonds is 5. The molecule has 0 atom stereocenters. The van der Waals surface area contributed by atoms with E-state index in [0.29, 0.717) is 11.5 Å². The molecule has 0 amide bonds. The number of nitrogens with two attached hydrogens (primary N) is 1. The molecule has 0 unspecified atom stereocenters. The van der Waals surface area contributed by atoms with Crippen LogP contribution in [0.5, 0.6) is 0 Å². The van der Waals surface area contributed by atoms with Gasteiger partial charge in [-0.25, -0.2) is 18.1 Å². The third kappa shape index (κ3) is 2.92. The van der Waals surface area contributed by atoms with Gasteiger partial charge in [0.1, 0.15) is 10.7 Å². The Balaban J connectivity index is 2.21. The molecule has 0 spiro atoms.